The van der Waals surface area contributed by atoms with Gasteiger partial charge in [-0.25, -0.2) is 13.1 Å². The Morgan fingerprint density at radius 3 is 2.47 bits per heavy atom. The van der Waals surface area contributed by atoms with Gasteiger partial charge >= 0.3 is 10.2 Å². The van der Waals surface area contributed by atoms with E-state index >= 15 is 0 Å². The van der Waals surface area contributed by atoms with Gasteiger partial charge in [0.25, 0.3) is 0 Å². The summed E-state index contributed by atoms with van der Waals surface area (Å²) in [4.78, 5) is 0. The molecule has 0 fully saturated rings. The number of para-hydroxylation sites is 2. The smallest absolute Gasteiger partial charge is 0.264 e. The topological polar surface area (TPSA) is 49.4 Å². The first-order chi connectivity index (χ1) is 8.99. The molecule has 98 valence electrons. The van der Waals surface area contributed by atoms with E-state index in [4.69, 9.17) is 0 Å². The molecule has 1 aliphatic rings. The van der Waals surface area contributed by atoms with Crippen LogP contribution in [0.1, 0.15) is 0 Å². The molecule has 7 heteroatoms. The first-order valence-electron chi connectivity index (χ1n) is 5.36. The number of halogens is 2. The largest absolute Gasteiger partial charge is 0.328 e. The molecule has 0 spiro atoms. The average Bonchev–Trinajstić information content (AvgIpc) is 2.60. The monoisotopic (exact) mass is 282 g/mol. The number of anilines is 3. The van der Waals surface area contributed by atoms with Crippen LogP contribution in [0.2, 0.25) is 0 Å². The maximum Gasteiger partial charge on any atom is 0.328 e. The van der Waals surface area contributed by atoms with E-state index in [1.54, 1.807) is 18.2 Å². The van der Waals surface area contributed by atoms with Gasteiger partial charge in [-0.2, -0.15) is 8.42 Å². The summed E-state index contributed by atoms with van der Waals surface area (Å²) in [6.07, 6.45) is 0. The Kier molecular flexibility index (Phi) is 2.46. The van der Waals surface area contributed by atoms with Crippen molar-refractivity contribution in [2.45, 2.75) is 0 Å². The number of nitrogens with one attached hydrogen (secondary N) is 1. The van der Waals surface area contributed by atoms with Gasteiger partial charge in [0.05, 0.1) is 17.1 Å². The molecule has 3 rings (SSSR count). The van der Waals surface area contributed by atoms with Crippen LogP contribution in [0.15, 0.2) is 42.5 Å². The minimum absolute atomic E-state index is 0.223. The highest BCUT2D eigenvalue weighted by Crippen LogP contribution is 2.41. The van der Waals surface area contributed by atoms with Crippen molar-refractivity contribution in [2.24, 2.45) is 0 Å². The van der Waals surface area contributed by atoms with Crippen molar-refractivity contribution in [3.63, 3.8) is 0 Å². The zero-order chi connectivity index (χ0) is 13.6. The van der Waals surface area contributed by atoms with Crippen molar-refractivity contribution in [3.8, 4) is 0 Å². The molecule has 0 aliphatic carbocycles. The molecule has 1 aliphatic heterocycles. The maximum atomic E-state index is 13.8. The van der Waals surface area contributed by atoms with Crippen LogP contribution in [0.3, 0.4) is 0 Å². The Morgan fingerprint density at radius 1 is 1.00 bits per heavy atom. The fourth-order valence-corrected chi connectivity index (χ4v) is 3.32. The zero-order valence-electron chi connectivity index (χ0n) is 9.47. The van der Waals surface area contributed by atoms with Crippen LogP contribution in [0.5, 0.6) is 0 Å². The fourth-order valence-electron chi connectivity index (χ4n) is 1.96. The average molecular weight is 282 g/mol. The van der Waals surface area contributed by atoms with E-state index in [2.05, 4.69) is 4.72 Å². The van der Waals surface area contributed by atoms with Gasteiger partial charge < -0.3 is 0 Å². The number of fused-ring (bicyclic) bond motifs is 1. The molecule has 0 saturated heterocycles. The Hall–Kier alpha value is -2.15. The van der Waals surface area contributed by atoms with Crippen LogP contribution < -0.4 is 9.03 Å². The molecule has 0 saturated carbocycles. The molecule has 0 amide bonds. The molecule has 0 unspecified atom stereocenters. The molecule has 4 nitrogen and oxygen atoms in total. The van der Waals surface area contributed by atoms with E-state index in [0.29, 0.717) is 17.4 Å². The van der Waals surface area contributed by atoms with Crippen molar-refractivity contribution in [1.82, 2.24) is 0 Å². The summed E-state index contributed by atoms with van der Waals surface area (Å²) in [5.74, 6) is -1.71. The van der Waals surface area contributed by atoms with Gasteiger partial charge in [0.15, 0.2) is 5.82 Å². The molecule has 1 heterocycles. The summed E-state index contributed by atoms with van der Waals surface area (Å²) in [6.45, 7) is 0. The summed E-state index contributed by atoms with van der Waals surface area (Å²) < 4.78 is 53.8. The molecule has 19 heavy (non-hydrogen) atoms. The second-order valence-electron chi connectivity index (χ2n) is 3.98. The van der Waals surface area contributed by atoms with Gasteiger partial charge in [0.2, 0.25) is 0 Å². The van der Waals surface area contributed by atoms with Crippen molar-refractivity contribution in [1.29, 1.82) is 0 Å². The molecule has 2 aromatic carbocycles. The van der Waals surface area contributed by atoms with Crippen molar-refractivity contribution < 1.29 is 17.2 Å². The van der Waals surface area contributed by atoms with Gasteiger partial charge in [0.1, 0.15) is 5.82 Å². The van der Waals surface area contributed by atoms with E-state index < -0.39 is 21.8 Å². The predicted molar refractivity (Wildman–Crippen MR) is 67.5 cm³/mol. The van der Waals surface area contributed by atoms with Crippen molar-refractivity contribution >= 4 is 27.3 Å². The Bertz CT molecular complexity index is 762. The highest BCUT2D eigenvalue weighted by molar-refractivity contribution is 7.95. The van der Waals surface area contributed by atoms with Gasteiger partial charge in [-0.05, 0) is 24.3 Å². The summed E-state index contributed by atoms with van der Waals surface area (Å²) in [6, 6.07) is 9.14. The van der Waals surface area contributed by atoms with E-state index in [1.165, 1.54) is 6.07 Å². The predicted octanol–water partition coefficient (Wildman–Crippen LogP) is 2.77. The van der Waals surface area contributed by atoms with Crippen LogP contribution in [0.25, 0.3) is 0 Å². The summed E-state index contributed by atoms with van der Waals surface area (Å²) in [5.41, 5.74) is 0.429. The van der Waals surface area contributed by atoms with E-state index in [1.807, 2.05) is 0 Å². The highest BCUT2D eigenvalue weighted by Gasteiger charge is 2.35. The van der Waals surface area contributed by atoms with Crippen molar-refractivity contribution in [2.75, 3.05) is 9.03 Å². The fraction of sp³-hybridized carbons (Fsp3) is 0. The number of nitrogens with zero attached hydrogens (tertiary/aromatic N) is 1. The Morgan fingerprint density at radius 2 is 1.74 bits per heavy atom. The highest BCUT2D eigenvalue weighted by atomic mass is 32.2. The number of benzene rings is 2. The zero-order valence-corrected chi connectivity index (χ0v) is 10.3. The van der Waals surface area contributed by atoms with Crippen LogP contribution in [0.4, 0.5) is 25.8 Å². The molecular weight excluding hydrogens is 274 g/mol. The lowest BCUT2D eigenvalue weighted by Gasteiger charge is -2.17. The third-order valence-electron chi connectivity index (χ3n) is 2.73. The van der Waals surface area contributed by atoms with Gasteiger partial charge in [-0.1, -0.05) is 12.1 Å². The van der Waals surface area contributed by atoms with E-state index in [-0.39, 0.29) is 5.69 Å². The normalized spacial score (nSPS) is 16.0. The number of hydrogen-bond acceptors (Lipinski definition) is 2. The van der Waals surface area contributed by atoms with Gasteiger partial charge in [-0.3, -0.25) is 4.72 Å². The lowest BCUT2D eigenvalue weighted by molar-refractivity contribution is 0.580. The first-order valence-corrected chi connectivity index (χ1v) is 6.80. The van der Waals surface area contributed by atoms with Crippen LogP contribution in [0, 0.1) is 11.6 Å². The molecule has 0 bridgehead atoms. The molecule has 0 aromatic heterocycles. The summed E-state index contributed by atoms with van der Waals surface area (Å²) in [7, 11) is -3.91. The standard InChI is InChI=1S/C12H8F2N2O2S/c13-8-5-6-11(9(14)7-8)16-12-4-2-1-3-10(12)15-19(16,17)18/h1-7,15H. The lowest BCUT2D eigenvalue weighted by atomic mass is 10.2. The Labute approximate surface area is 108 Å². The quantitative estimate of drug-likeness (QED) is 0.874. The molecule has 0 radical (unpaired) electrons. The van der Waals surface area contributed by atoms with E-state index in [0.717, 1.165) is 16.4 Å². The third kappa shape index (κ3) is 1.82. The molecule has 0 atom stereocenters. The minimum Gasteiger partial charge on any atom is -0.264 e. The third-order valence-corrected chi connectivity index (χ3v) is 4.08. The van der Waals surface area contributed by atoms with Crippen LogP contribution in [-0.2, 0) is 10.2 Å². The summed E-state index contributed by atoms with van der Waals surface area (Å²) >= 11 is 0. The molecular formula is C12H8F2N2O2S. The summed E-state index contributed by atoms with van der Waals surface area (Å²) in [5, 5.41) is 0. The minimum atomic E-state index is -3.91. The van der Waals surface area contributed by atoms with Gasteiger partial charge in [0, 0.05) is 6.07 Å². The lowest BCUT2D eigenvalue weighted by Crippen LogP contribution is -2.26. The number of rotatable bonds is 1. The maximum absolute atomic E-state index is 13.8. The molecule has 1 N–H and O–H groups in total. The van der Waals surface area contributed by atoms with Crippen LogP contribution >= 0.6 is 0 Å². The van der Waals surface area contributed by atoms with Crippen LogP contribution in [-0.4, -0.2) is 8.42 Å². The Balaban J connectivity index is 2.23. The second-order valence-corrected chi connectivity index (χ2v) is 5.50. The number of hydrogen-bond donors (Lipinski definition) is 1. The van der Waals surface area contributed by atoms with E-state index in [9.17, 15) is 17.2 Å². The second kappa shape index (κ2) is 3.92. The molecule has 2 aromatic rings. The first kappa shape index (κ1) is 11.9. The van der Waals surface area contributed by atoms with Gasteiger partial charge in [-0.15, -0.1) is 0 Å². The SMILES string of the molecule is O=S1(=O)Nc2ccccc2N1c1ccc(F)cc1F. The van der Waals surface area contributed by atoms with Crippen molar-refractivity contribution in [3.05, 3.63) is 54.1 Å².